The molecule has 4 nitrogen and oxygen atoms in total. The highest BCUT2D eigenvalue weighted by molar-refractivity contribution is 6.42. The number of nitrogens with one attached hydrogen (secondary N) is 1. The van der Waals surface area contributed by atoms with Gasteiger partial charge in [0, 0.05) is 18.3 Å². The van der Waals surface area contributed by atoms with Gasteiger partial charge in [0.1, 0.15) is 5.75 Å². The van der Waals surface area contributed by atoms with Gasteiger partial charge in [0.05, 0.1) is 10.0 Å². The lowest BCUT2D eigenvalue weighted by molar-refractivity contribution is -0.119. The minimum atomic E-state index is -0.515. The number of carbonyl (C=O) groups excluding carboxylic acids is 1. The van der Waals surface area contributed by atoms with Gasteiger partial charge in [-0.1, -0.05) is 41.4 Å². The number of amides is 1. The number of hydrogen-bond acceptors (Lipinski definition) is 3. The van der Waals surface area contributed by atoms with Crippen LogP contribution in [0.1, 0.15) is 5.56 Å². The van der Waals surface area contributed by atoms with Gasteiger partial charge in [-0.3, -0.25) is 4.79 Å². The summed E-state index contributed by atoms with van der Waals surface area (Å²) in [5, 5.41) is 4.28. The zero-order valence-electron chi connectivity index (χ0n) is 11.1. The maximum absolute atomic E-state index is 10.7. The van der Waals surface area contributed by atoms with E-state index in [9.17, 15) is 4.79 Å². The lowest BCUT2D eigenvalue weighted by Gasteiger charge is -2.10. The molecule has 0 aromatic heterocycles. The highest BCUT2D eigenvalue weighted by Gasteiger charge is 2.04. The lowest BCUT2D eigenvalue weighted by Crippen LogP contribution is -2.20. The van der Waals surface area contributed by atoms with E-state index in [1.807, 2.05) is 24.3 Å². The van der Waals surface area contributed by atoms with Gasteiger partial charge in [-0.25, -0.2) is 0 Å². The van der Waals surface area contributed by atoms with Gasteiger partial charge in [-0.15, -0.1) is 0 Å². The third kappa shape index (κ3) is 4.55. The minimum absolute atomic E-state index is 0.149. The summed E-state index contributed by atoms with van der Waals surface area (Å²) in [4.78, 5) is 10.7. The summed E-state index contributed by atoms with van der Waals surface area (Å²) >= 11 is 12.1. The molecule has 0 aliphatic rings. The Hall–Kier alpha value is -1.91. The Balaban J connectivity index is 2.01. The fraction of sp³-hybridized carbons (Fsp3) is 0.133. The number of halogens is 2. The molecule has 0 bridgehead atoms. The van der Waals surface area contributed by atoms with Gasteiger partial charge in [0.25, 0.3) is 5.91 Å². The molecule has 0 saturated heterocycles. The number of anilines is 1. The largest absolute Gasteiger partial charge is 0.484 e. The van der Waals surface area contributed by atoms with Gasteiger partial charge in [-0.2, -0.15) is 0 Å². The summed E-state index contributed by atoms with van der Waals surface area (Å²) in [6, 6.07) is 12.7. The SMILES string of the molecule is NC(=O)COc1cccc(NCc2cccc(Cl)c2Cl)c1. The standard InChI is InChI=1S/C15H14Cl2N2O2/c16-13-6-1-3-10(15(13)17)8-19-11-4-2-5-12(7-11)21-9-14(18)20/h1-7,19H,8-9H2,(H2,18,20). The molecule has 0 spiro atoms. The molecule has 0 fully saturated rings. The van der Waals surface area contributed by atoms with Crippen molar-refractivity contribution in [2.45, 2.75) is 6.54 Å². The fourth-order valence-corrected chi connectivity index (χ4v) is 2.12. The molecule has 2 aromatic rings. The summed E-state index contributed by atoms with van der Waals surface area (Å²) in [5.41, 5.74) is 6.77. The van der Waals surface area contributed by atoms with Gasteiger partial charge in [0.15, 0.2) is 6.61 Å². The monoisotopic (exact) mass is 324 g/mol. The third-order valence-electron chi connectivity index (χ3n) is 2.73. The second-order valence-corrected chi connectivity index (χ2v) is 5.13. The first-order chi connectivity index (χ1) is 10.1. The van der Waals surface area contributed by atoms with E-state index in [2.05, 4.69) is 5.32 Å². The molecule has 1 amide bonds. The number of ether oxygens (including phenoxy) is 1. The summed E-state index contributed by atoms with van der Waals surface area (Å²) in [7, 11) is 0. The summed E-state index contributed by atoms with van der Waals surface area (Å²) in [6.07, 6.45) is 0. The molecule has 0 atom stereocenters. The first kappa shape index (κ1) is 15.5. The van der Waals surface area contributed by atoms with Gasteiger partial charge >= 0.3 is 0 Å². The van der Waals surface area contributed by atoms with Crippen LogP contribution in [0.15, 0.2) is 42.5 Å². The first-order valence-corrected chi connectivity index (χ1v) is 7.00. The Morgan fingerprint density at radius 2 is 1.95 bits per heavy atom. The van der Waals surface area contributed by atoms with Crippen molar-refractivity contribution in [3.8, 4) is 5.75 Å². The Morgan fingerprint density at radius 1 is 1.19 bits per heavy atom. The van der Waals surface area contributed by atoms with Crippen LogP contribution in [-0.4, -0.2) is 12.5 Å². The molecule has 0 unspecified atom stereocenters. The Morgan fingerprint density at radius 3 is 2.71 bits per heavy atom. The Labute approximate surface area is 132 Å². The quantitative estimate of drug-likeness (QED) is 0.855. The van der Waals surface area contributed by atoms with Gasteiger partial charge < -0.3 is 15.8 Å². The van der Waals surface area contributed by atoms with Crippen LogP contribution in [0.25, 0.3) is 0 Å². The van der Waals surface area contributed by atoms with Crippen LogP contribution in [0, 0.1) is 0 Å². The summed E-state index contributed by atoms with van der Waals surface area (Å²) in [5.74, 6) is 0.0510. The predicted octanol–water partition coefficient (Wildman–Crippen LogP) is 3.47. The third-order valence-corrected chi connectivity index (χ3v) is 3.59. The number of primary amides is 1. The van der Waals surface area contributed by atoms with Crippen LogP contribution < -0.4 is 15.8 Å². The molecular formula is C15H14Cl2N2O2. The topological polar surface area (TPSA) is 64.4 Å². The summed E-state index contributed by atoms with van der Waals surface area (Å²) < 4.78 is 5.24. The molecule has 0 saturated carbocycles. The Bertz CT molecular complexity index is 647. The molecule has 0 radical (unpaired) electrons. The normalized spacial score (nSPS) is 10.2. The molecular weight excluding hydrogens is 311 g/mol. The van der Waals surface area contributed by atoms with E-state index in [1.54, 1.807) is 18.2 Å². The molecule has 2 rings (SSSR count). The molecule has 0 aliphatic carbocycles. The maximum Gasteiger partial charge on any atom is 0.255 e. The van der Waals surface area contributed by atoms with Crippen molar-refractivity contribution in [3.63, 3.8) is 0 Å². The lowest BCUT2D eigenvalue weighted by atomic mass is 10.2. The van der Waals surface area contributed by atoms with Crippen molar-refractivity contribution in [1.29, 1.82) is 0 Å². The van der Waals surface area contributed by atoms with E-state index in [0.29, 0.717) is 22.3 Å². The highest BCUT2D eigenvalue weighted by atomic mass is 35.5. The van der Waals surface area contributed by atoms with Crippen molar-refractivity contribution in [2.75, 3.05) is 11.9 Å². The minimum Gasteiger partial charge on any atom is -0.484 e. The number of nitrogens with two attached hydrogens (primary N) is 1. The van der Waals surface area contributed by atoms with E-state index in [1.165, 1.54) is 0 Å². The van der Waals surface area contributed by atoms with Crippen molar-refractivity contribution in [2.24, 2.45) is 5.73 Å². The highest BCUT2D eigenvalue weighted by Crippen LogP contribution is 2.26. The van der Waals surface area contributed by atoms with E-state index in [-0.39, 0.29) is 6.61 Å². The van der Waals surface area contributed by atoms with E-state index < -0.39 is 5.91 Å². The Kier molecular flexibility index (Phi) is 5.31. The molecule has 110 valence electrons. The number of hydrogen-bond donors (Lipinski definition) is 2. The predicted molar refractivity (Wildman–Crippen MR) is 84.9 cm³/mol. The van der Waals surface area contributed by atoms with Crippen molar-refractivity contribution in [3.05, 3.63) is 58.1 Å². The van der Waals surface area contributed by atoms with Crippen molar-refractivity contribution in [1.82, 2.24) is 0 Å². The van der Waals surface area contributed by atoms with Gasteiger partial charge in [-0.05, 0) is 23.8 Å². The average Bonchev–Trinajstić information content (AvgIpc) is 2.47. The fourth-order valence-electron chi connectivity index (χ4n) is 1.73. The van der Waals surface area contributed by atoms with Crippen LogP contribution >= 0.6 is 23.2 Å². The van der Waals surface area contributed by atoms with Crippen LogP contribution in [0.4, 0.5) is 5.69 Å². The van der Waals surface area contributed by atoms with E-state index >= 15 is 0 Å². The van der Waals surface area contributed by atoms with Gasteiger partial charge in [0.2, 0.25) is 0 Å². The maximum atomic E-state index is 10.7. The van der Waals surface area contributed by atoms with Crippen LogP contribution in [0.5, 0.6) is 5.75 Å². The molecule has 2 aromatic carbocycles. The van der Waals surface area contributed by atoms with Crippen LogP contribution in [-0.2, 0) is 11.3 Å². The number of carbonyl (C=O) groups is 1. The number of benzene rings is 2. The molecule has 0 aliphatic heterocycles. The molecule has 3 N–H and O–H groups in total. The summed E-state index contributed by atoms with van der Waals surface area (Å²) in [6.45, 7) is 0.377. The van der Waals surface area contributed by atoms with Crippen molar-refractivity contribution >= 4 is 34.8 Å². The smallest absolute Gasteiger partial charge is 0.255 e. The second kappa shape index (κ2) is 7.20. The number of rotatable bonds is 6. The van der Waals surface area contributed by atoms with Crippen LogP contribution in [0.3, 0.4) is 0 Å². The molecule has 6 heteroatoms. The first-order valence-electron chi connectivity index (χ1n) is 6.24. The zero-order valence-corrected chi connectivity index (χ0v) is 12.6. The van der Waals surface area contributed by atoms with Crippen molar-refractivity contribution < 1.29 is 9.53 Å². The van der Waals surface area contributed by atoms with E-state index in [4.69, 9.17) is 33.7 Å². The molecule has 0 heterocycles. The molecule has 21 heavy (non-hydrogen) atoms. The zero-order chi connectivity index (χ0) is 15.2. The average molecular weight is 325 g/mol. The van der Waals surface area contributed by atoms with Crippen LogP contribution in [0.2, 0.25) is 10.0 Å². The van der Waals surface area contributed by atoms with E-state index in [0.717, 1.165) is 11.3 Å². The second-order valence-electron chi connectivity index (χ2n) is 4.35.